The molecule has 6 nitrogen and oxygen atoms in total. The number of H-pyrrole nitrogens is 1. The Kier molecular flexibility index (Phi) is 3.54. The highest BCUT2D eigenvalue weighted by Crippen LogP contribution is 2.04. The Bertz CT molecular complexity index is 278. The minimum atomic E-state index is -0.661. The van der Waals surface area contributed by atoms with Gasteiger partial charge in [0.1, 0.15) is 6.61 Å². The first-order valence-electron chi connectivity index (χ1n) is 4.99. The Morgan fingerprint density at radius 1 is 1.73 bits per heavy atom. The summed E-state index contributed by atoms with van der Waals surface area (Å²) in [6.45, 7) is 3.31. The predicted octanol–water partition coefficient (Wildman–Crippen LogP) is -0.561. The number of nitrogens with one attached hydrogen (secondary N) is 1. The normalized spacial score (nSPS) is 22.9. The Morgan fingerprint density at radius 2 is 2.67 bits per heavy atom. The largest absolute Gasteiger partial charge is 0.477 e. The SMILES string of the molecule is OC1CN(CCOc2ccn[nH]2)CCO1. The van der Waals surface area contributed by atoms with E-state index in [4.69, 9.17) is 9.47 Å². The second-order valence-corrected chi connectivity index (χ2v) is 3.40. The van der Waals surface area contributed by atoms with Gasteiger partial charge >= 0.3 is 0 Å². The van der Waals surface area contributed by atoms with E-state index in [1.54, 1.807) is 12.3 Å². The van der Waals surface area contributed by atoms with Gasteiger partial charge in [0.15, 0.2) is 6.29 Å². The first-order chi connectivity index (χ1) is 7.34. The number of aromatic amines is 1. The molecule has 1 unspecified atom stereocenters. The van der Waals surface area contributed by atoms with Gasteiger partial charge in [0.05, 0.1) is 12.8 Å². The van der Waals surface area contributed by atoms with E-state index in [1.807, 2.05) is 0 Å². The molecule has 0 aliphatic carbocycles. The summed E-state index contributed by atoms with van der Waals surface area (Å²) >= 11 is 0. The van der Waals surface area contributed by atoms with Gasteiger partial charge in [-0.05, 0) is 0 Å². The van der Waals surface area contributed by atoms with Gasteiger partial charge in [0.2, 0.25) is 5.88 Å². The molecule has 2 N–H and O–H groups in total. The molecule has 0 spiro atoms. The molecule has 2 heterocycles. The molecule has 15 heavy (non-hydrogen) atoms. The lowest BCUT2D eigenvalue weighted by Gasteiger charge is -2.29. The van der Waals surface area contributed by atoms with Crippen LogP contribution >= 0.6 is 0 Å². The number of β-amino-alcohol motifs (C(OH)–C–C–N with tert-alkyl or cyclic N) is 1. The second-order valence-electron chi connectivity index (χ2n) is 3.40. The van der Waals surface area contributed by atoms with E-state index in [0.717, 1.165) is 13.1 Å². The third-order valence-corrected chi connectivity index (χ3v) is 2.27. The molecule has 6 heteroatoms. The van der Waals surface area contributed by atoms with Crippen LogP contribution in [0.2, 0.25) is 0 Å². The summed E-state index contributed by atoms with van der Waals surface area (Å²) in [4.78, 5) is 2.10. The minimum Gasteiger partial charge on any atom is -0.477 e. The van der Waals surface area contributed by atoms with Crippen molar-refractivity contribution in [3.8, 4) is 5.88 Å². The second kappa shape index (κ2) is 5.11. The van der Waals surface area contributed by atoms with Gasteiger partial charge in [-0.3, -0.25) is 4.90 Å². The molecular formula is C9H15N3O3. The molecule has 1 saturated heterocycles. The maximum atomic E-state index is 9.24. The number of nitrogens with zero attached hydrogens (tertiary/aromatic N) is 2. The van der Waals surface area contributed by atoms with Crippen molar-refractivity contribution in [3.05, 3.63) is 12.3 Å². The van der Waals surface area contributed by atoms with Crippen LogP contribution in [0, 0.1) is 0 Å². The lowest BCUT2D eigenvalue weighted by molar-refractivity contribution is -0.146. The number of aliphatic hydroxyl groups is 1. The first-order valence-corrected chi connectivity index (χ1v) is 4.99. The molecule has 1 aliphatic rings. The van der Waals surface area contributed by atoms with Crippen LogP contribution in [-0.4, -0.2) is 59.3 Å². The van der Waals surface area contributed by atoms with Crippen LogP contribution in [0.15, 0.2) is 12.3 Å². The summed E-state index contributed by atoms with van der Waals surface area (Å²) in [5.74, 6) is 0.670. The van der Waals surface area contributed by atoms with Crippen molar-refractivity contribution in [2.75, 3.05) is 32.8 Å². The summed E-state index contributed by atoms with van der Waals surface area (Å²) in [7, 11) is 0. The highest BCUT2D eigenvalue weighted by atomic mass is 16.6. The lowest BCUT2D eigenvalue weighted by atomic mass is 10.4. The van der Waals surface area contributed by atoms with Crippen LogP contribution in [-0.2, 0) is 4.74 Å². The van der Waals surface area contributed by atoms with Gasteiger partial charge in [0.25, 0.3) is 0 Å². The van der Waals surface area contributed by atoms with E-state index in [2.05, 4.69) is 15.1 Å². The molecule has 1 aromatic heterocycles. The summed E-state index contributed by atoms with van der Waals surface area (Å²) in [5.41, 5.74) is 0. The fourth-order valence-electron chi connectivity index (χ4n) is 1.49. The van der Waals surface area contributed by atoms with Crippen LogP contribution in [0.3, 0.4) is 0 Å². The number of hydrogen-bond donors (Lipinski definition) is 2. The van der Waals surface area contributed by atoms with Crippen LogP contribution in [0.1, 0.15) is 0 Å². The zero-order chi connectivity index (χ0) is 10.5. The summed E-state index contributed by atoms with van der Waals surface area (Å²) in [5, 5.41) is 15.7. The van der Waals surface area contributed by atoms with E-state index in [9.17, 15) is 5.11 Å². The van der Waals surface area contributed by atoms with Crippen molar-refractivity contribution in [1.82, 2.24) is 15.1 Å². The van der Waals surface area contributed by atoms with E-state index >= 15 is 0 Å². The van der Waals surface area contributed by atoms with Crippen molar-refractivity contribution >= 4 is 0 Å². The maximum absolute atomic E-state index is 9.24. The molecule has 1 aliphatic heterocycles. The van der Waals surface area contributed by atoms with Gasteiger partial charge in [-0.2, -0.15) is 5.10 Å². The summed E-state index contributed by atoms with van der Waals surface area (Å²) < 4.78 is 10.4. The minimum absolute atomic E-state index is 0.548. The third kappa shape index (κ3) is 3.19. The molecule has 0 aromatic carbocycles. The van der Waals surface area contributed by atoms with Crippen molar-refractivity contribution < 1.29 is 14.6 Å². The van der Waals surface area contributed by atoms with Crippen molar-refractivity contribution in [3.63, 3.8) is 0 Å². The number of hydrogen-bond acceptors (Lipinski definition) is 5. The average molecular weight is 213 g/mol. The topological polar surface area (TPSA) is 70.6 Å². The van der Waals surface area contributed by atoms with Crippen LogP contribution in [0.25, 0.3) is 0 Å². The first kappa shape index (κ1) is 10.4. The molecule has 2 rings (SSSR count). The summed E-state index contributed by atoms with van der Waals surface area (Å²) in [6.07, 6.45) is 0.985. The number of aromatic nitrogens is 2. The molecule has 84 valence electrons. The zero-order valence-corrected chi connectivity index (χ0v) is 8.43. The van der Waals surface area contributed by atoms with Crippen LogP contribution < -0.4 is 4.74 Å². The fraction of sp³-hybridized carbons (Fsp3) is 0.667. The number of morpholine rings is 1. The number of aliphatic hydroxyl groups excluding tert-OH is 1. The molecular weight excluding hydrogens is 198 g/mol. The monoisotopic (exact) mass is 213 g/mol. The quantitative estimate of drug-likeness (QED) is 0.701. The molecule has 0 saturated carbocycles. The lowest BCUT2D eigenvalue weighted by Crippen LogP contribution is -2.43. The van der Waals surface area contributed by atoms with Crippen molar-refractivity contribution in [1.29, 1.82) is 0 Å². The average Bonchev–Trinajstić information content (AvgIpc) is 2.71. The Morgan fingerprint density at radius 3 is 3.40 bits per heavy atom. The zero-order valence-electron chi connectivity index (χ0n) is 8.43. The smallest absolute Gasteiger partial charge is 0.209 e. The van der Waals surface area contributed by atoms with Gasteiger partial charge < -0.3 is 14.6 Å². The van der Waals surface area contributed by atoms with Crippen molar-refractivity contribution in [2.24, 2.45) is 0 Å². The molecule has 0 amide bonds. The van der Waals surface area contributed by atoms with E-state index < -0.39 is 6.29 Å². The van der Waals surface area contributed by atoms with Gasteiger partial charge in [-0.1, -0.05) is 0 Å². The number of ether oxygens (including phenoxy) is 2. The van der Waals surface area contributed by atoms with Gasteiger partial charge in [-0.15, -0.1) is 0 Å². The molecule has 0 bridgehead atoms. The molecule has 0 radical (unpaired) electrons. The van der Waals surface area contributed by atoms with Crippen LogP contribution in [0.4, 0.5) is 0 Å². The van der Waals surface area contributed by atoms with Crippen LogP contribution in [0.5, 0.6) is 5.88 Å². The van der Waals surface area contributed by atoms with E-state index in [0.29, 0.717) is 25.6 Å². The molecule has 1 aromatic rings. The molecule has 1 atom stereocenters. The standard InChI is InChI=1S/C9H15N3O3/c13-9-7-12(4-6-15-9)3-5-14-8-1-2-10-11-8/h1-2,9,13H,3-7H2,(H,10,11). The predicted molar refractivity (Wildman–Crippen MR) is 52.5 cm³/mol. The fourth-order valence-corrected chi connectivity index (χ4v) is 1.49. The Hall–Kier alpha value is -1.11. The van der Waals surface area contributed by atoms with Gasteiger partial charge in [0, 0.05) is 25.7 Å². The van der Waals surface area contributed by atoms with E-state index in [1.165, 1.54) is 0 Å². The highest BCUT2D eigenvalue weighted by molar-refractivity contribution is 5.03. The van der Waals surface area contributed by atoms with Crippen molar-refractivity contribution in [2.45, 2.75) is 6.29 Å². The van der Waals surface area contributed by atoms with E-state index in [-0.39, 0.29) is 0 Å². The highest BCUT2D eigenvalue weighted by Gasteiger charge is 2.17. The third-order valence-electron chi connectivity index (χ3n) is 2.27. The van der Waals surface area contributed by atoms with Gasteiger partial charge in [-0.25, -0.2) is 5.10 Å². The summed E-state index contributed by atoms with van der Waals surface area (Å²) in [6, 6.07) is 1.77. The molecule has 1 fully saturated rings. The maximum Gasteiger partial charge on any atom is 0.209 e. The Labute approximate surface area is 87.8 Å². The Balaban J connectivity index is 1.65. The number of rotatable bonds is 4.